The number of nitrogens with one attached hydrogen (secondary N) is 2. The monoisotopic (exact) mass is 322 g/mol. The Balaban J connectivity index is 1.89. The molecule has 0 aliphatic carbocycles. The predicted octanol–water partition coefficient (Wildman–Crippen LogP) is 3.58. The Kier molecular flexibility index (Phi) is 6.39. The minimum Gasteiger partial charge on any atom is -0.491 e. The zero-order valence-corrected chi connectivity index (χ0v) is 14.2. The molecule has 2 unspecified atom stereocenters. The smallest absolute Gasteiger partial charge is 0.224 e. The summed E-state index contributed by atoms with van der Waals surface area (Å²) in [6.07, 6.45) is 2.70. The van der Waals surface area contributed by atoms with Gasteiger partial charge in [-0.1, -0.05) is 6.92 Å². The Morgan fingerprint density at radius 1 is 1.43 bits per heavy atom. The van der Waals surface area contributed by atoms with Crippen molar-refractivity contribution in [2.75, 3.05) is 18.4 Å². The molecule has 128 valence electrons. The normalized spacial score (nSPS) is 19.4. The lowest BCUT2D eigenvalue weighted by molar-refractivity contribution is -0.117. The fourth-order valence-corrected chi connectivity index (χ4v) is 2.97. The van der Waals surface area contributed by atoms with E-state index in [2.05, 4.69) is 17.6 Å². The average molecular weight is 322 g/mol. The second-order valence-electron chi connectivity index (χ2n) is 6.64. The van der Waals surface area contributed by atoms with E-state index in [1.807, 2.05) is 13.8 Å². The molecule has 2 rings (SSSR count). The van der Waals surface area contributed by atoms with E-state index in [9.17, 15) is 9.18 Å². The molecule has 0 aromatic heterocycles. The van der Waals surface area contributed by atoms with Crippen LogP contribution in [0.4, 0.5) is 10.1 Å². The zero-order chi connectivity index (χ0) is 16.8. The van der Waals surface area contributed by atoms with E-state index < -0.39 is 5.82 Å². The first kappa shape index (κ1) is 17.7. The minimum absolute atomic E-state index is 0.0141. The topological polar surface area (TPSA) is 50.4 Å². The first-order valence-electron chi connectivity index (χ1n) is 8.42. The highest BCUT2D eigenvalue weighted by atomic mass is 19.1. The molecular weight excluding hydrogens is 295 g/mol. The van der Waals surface area contributed by atoms with Crippen LogP contribution in [0.3, 0.4) is 0 Å². The van der Waals surface area contributed by atoms with Gasteiger partial charge in [0.2, 0.25) is 5.91 Å². The van der Waals surface area contributed by atoms with Crippen LogP contribution in [0.25, 0.3) is 0 Å². The van der Waals surface area contributed by atoms with Crippen molar-refractivity contribution in [3.05, 3.63) is 24.0 Å². The molecule has 1 amide bonds. The van der Waals surface area contributed by atoms with E-state index in [4.69, 9.17) is 4.74 Å². The number of carbonyl (C=O) groups excluding carboxylic acids is 1. The molecule has 23 heavy (non-hydrogen) atoms. The Morgan fingerprint density at radius 3 is 2.83 bits per heavy atom. The third-order valence-corrected chi connectivity index (χ3v) is 4.23. The van der Waals surface area contributed by atoms with E-state index in [0.29, 0.717) is 18.1 Å². The lowest BCUT2D eigenvalue weighted by Crippen LogP contribution is -2.34. The van der Waals surface area contributed by atoms with Crippen molar-refractivity contribution >= 4 is 11.6 Å². The maximum Gasteiger partial charge on any atom is 0.224 e. The minimum atomic E-state index is -0.469. The molecule has 0 spiro atoms. The number of hydrogen-bond donors (Lipinski definition) is 2. The van der Waals surface area contributed by atoms with Crippen molar-refractivity contribution in [2.24, 2.45) is 11.8 Å². The summed E-state index contributed by atoms with van der Waals surface area (Å²) in [6, 6.07) is 4.54. The van der Waals surface area contributed by atoms with Crippen LogP contribution in [-0.4, -0.2) is 25.1 Å². The highest BCUT2D eigenvalue weighted by molar-refractivity contribution is 5.91. The lowest BCUT2D eigenvalue weighted by Gasteiger charge is -2.28. The molecule has 1 aromatic rings. The quantitative estimate of drug-likeness (QED) is 0.842. The Labute approximate surface area is 137 Å². The number of halogens is 1. The molecule has 1 heterocycles. The van der Waals surface area contributed by atoms with Crippen LogP contribution in [0.2, 0.25) is 0 Å². The fourth-order valence-electron chi connectivity index (χ4n) is 2.97. The SMILES string of the molecule is CC(C)Oc1ccc(NC(=O)CC(C)C2CCCNC2)c(F)c1. The Bertz CT molecular complexity index is 528. The van der Waals surface area contributed by atoms with Gasteiger partial charge in [-0.3, -0.25) is 4.79 Å². The first-order valence-corrected chi connectivity index (χ1v) is 8.42. The third kappa shape index (κ3) is 5.50. The molecule has 1 aromatic carbocycles. The molecule has 0 bridgehead atoms. The van der Waals surface area contributed by atoms with Crippen molar-refractivity contribution in [3.63, 3.8) is 0 Å². The Morgan fingerprint density at radius 2 is 2.22 bits per heavy atom. The van der Waals surface area contributed by atoms with E-state index in [1.165, 1.54) is 6.07 Å². The highest BCUT2D eigenvalue weighted by Crippen LogP contribution is 2.25. The van der Waals surface area contributed by atoms with Crippen LogP contribution in [0.5, 0.6) is 5.75 Å². The predicted molar refractivity (Wildman–Crippen MR) is 90.2 cm³/mol. The molecule has 0 radical (unpaired) electrons. The number of anilines is 1. The van der Waals surface area contributed by atoms with E-state index >= 15 is 0 Å². The average Bonchev–Trinajstić information content (AvgIpc) is 2.50. The van der Waals surface area contributed by atoms with Gasteiger partial charge in [0.05, 0.1) is 11.8 Å². The molecule has 2 N–H and O–H groups in total. The number of rotatable bonds is 6. The van der Waals surface area contributed by atoms with Crippen LogP contribution < -0.4 is 15.4 Å². The number of carbonyl (C=O) groups is 1. The van der Waals surface area contributed by atoms with Crippen LogP contribution in [-0.2, 0) is 4.79 Å². The van der Waals surface area contributed by atoms with Crippen LogP contribution >= 0.6 is 0 Å². The lowest BCUT2D eigenvalue weighted by atomic mass is 9.85. The van der Waals surface area contributed by atoms with Gasteiger partial charge in [-0.05, 0) is 63.7 Å². The van der Waals surface area contributed by atoms with Gasteiger partial charge in [0.15, 0.2) is 0 Å². The second-order valence-corrected chi connectivity index (χ2v) is 6.64. The maximum absolute atomic E-state index is 14.0. The van der Waals surface area contributed by atoms with Crippen LogP contribution in [0, 0.1) is 17.7 Å². The molecule has 2 atom stereocenters. The number of ether oxygens (including phenoxy) is 1. The standard InChI is InChI=1S/C18H27FN2O2/c1-12(2)23-15-6-7-17(16(19)10-15)21-18(22)9-13(3)14-5-4-8-20-11-14/h6-7,10,12-14,20H,4-5,8-9,11H2,1-3H3,(H,21,22). The van der Waals surface area contributed by atoms with Crippen molar-refractivity contribution < 1.29 is 13.9 Å². The molecule has 1 saturated heterocycles. The molecule has 1 aliphatic rings. The fraction of sp³-hybridized carbons (Fsp3) is 0.611. The van der Waals surface area contributed by atoms with E-state index in [0.717, 1.165) is 25.9 Å². The van der Waals surface area contributed by atoms with E-state index in [-0.39, 0.29) is 23.6 Å². The molecule has 1 aliphatic heterocycles. The van der Waals surface area contributed by atoms with Crippen LogP contribution in [0.15, 0.2) is 18.2 Å². The first-order chi connectivity index (χ1) is 11.0. The molecule has 0 saturated carbocycles. The summed E-state index contributed by atoms with van der Waals surface area (Å²) in [5.74, 6) is 0.663. The van der Waals surface area contributed by atoms with Gasteiger partial charge >= 0.3 is 0 Å². The third-order valence-electron chi connectivity index (χ3n) is 4.23. The summed E-state index contributed by atoms with van der Waals surface area (Å²) in [7, 11) is 0. The maximum atomic E-state index is 14.0. The molecule has 5 heteroatoms. The summed E-state index contributed by atoms with van der Waals surface area (Å²) < 4.78 is 19.5. The van der Waals surface area contributed by atoms with Gasteiger partial charge in [0, 0.05) is 12.5 Å². The summed E-state index contributed by atoms with van der Waals surface area (Å²) in [5, 5.41) is 6.03. The summed E-state index contributed by atoms with van der Waals surface area (Å²) in [5.41, 5.74) is 0.208. The Hall–Kier alpha value is -1.62. The van der Waals surface area contributed by atoms with Crippen molar-refractivity contribution in [1.82, 2.24) is 5.32 Å². The second kappa shape index (κ2) is 8.29. The van der Waals surface area contributed by atoms with Gasteiger partial charge < -0.3 is 15.4 Å². The van der Waals surface area contributed by atoms with Gasteiger partial charge in [-0.15, -0.1) is 0 Å². The number of benzene rings is 1. The van der Waals surface area contributed by atoms with Crippen molar-refractivity contribution in [2.45, 2.75) is 46.1 Å². The van der Waals surface area contributed by atoms with Crippen LogP contribution in [0.1, 0.15) is 40.0 Å². The number of hydrogen-bond acceptors (Lipinski definition) is 3. The van der Waals surface area contributed by atoms with Gasteiger partial charge in [-0.25, -0.2) is 4.39 Å². The largest absolute Gasteiger partial charge is 0.491 e. The molecular formula is C18H27FN2O2. The number of amides is 1. The van der Waals surface area contributed by atoms with E-state index in [1.54, 1.807) is 12.1 Å². The molecule has 1 fully saturated rings. The zero-order valence-electron chi connectivity index (χ0n) is 14.2. The van der Waals surface area contributed by atoms with Gasteiger partial charge in [0.25, 0.3) is 0 Å². The summed E-state index contributed by atoms with van der Waals surface area (Å²) >= 11 is 0. The van der Waals surface area contributed by atoms with Gasteiger partial charge in [-0.2, -0.15) is 0 Å². The highest BCUT2D eigenvalue weighted by Gasteiger charge is 2.22. The summed E-state index contributed by atoms with van der Waals surface area (Å²) in [4.78, 5) is 12.2. The van der Waals surface area contributed by atoms with Crippen molar-refractivity contribution in [3.8, 4) is 5.75 Å². The number of piperidine rings is 1. The van der Waals surface area contributed by atoms with Gasteiger partial charge in [0.1, 0.15) is 11.6 Å². The summed E-state index contributed by atoms with van der Waals surface area (Å²) in [6.45, 7) is 7.88. The molecule has 4 nitrogen and oxygen atoms in total. The van der Waals surface area contributed by atoms with Crippen molar-refractivity contribution in [1.29, 1.82) is 0 Å².